The van der Waals surface area contributed by atoms with Gasteiger partial charge in [-0.05, 0) is 47.8 Å². The lowest BCUT2D eigenvalue weighted by Crippen LogP contribution is -2.41. The van der Waals surface area contributed by atoms with Crippen molar-refractivity contribution in [1.29, 1.82) is 0 Å². The molecule has 10 heteroatoms. The van der Waals surface area contributed by atoms with Crippen molar-refractivity contribution in [3.05, 3.63) is 70.4 Å². The lowest BCUT2D eigenvalue weighted by molar-refractivity contribution is -0.134. The maximum absolute atomic E-state index is 13.6. The SMILES string of the molecule is CCN(CC(=O)Nc1cccc(OC)c1)CC(=O)N1N=C(c2cccs2)C[C@@H]1c1ccc(OC)c(OC)c1. The summed E-state index contributed by atoms with van der Waals surface area (Å²) in [6, 6.07) is 16.5. The summed E-state index contributed by atoms with van der Waals surface area (Å²) in [4.78, 5) is 29.1. The topological polar surface area (TPSA) is 92.7 Å². The van der Waals surface area contributed by atoms with Gasteiger partial charge in [0.05, 0.1) is 51.0 Å². The lowest BCUT2D eigenvalue weighted by Gasteiger charge is -2.26. The van der Waals surface area contributed by atoms with Crippen LogP contribution in [-0.2, 0) is 9.59 Å². The van der Waals surface area contributed by atoms with Gasteiger partial charge in [-0.1, -0.05) is 25.1 Å². The summed E-state index contributed by atoms with van der Waals surface area (Å²) in [6.45, 7) is 2.55. The molecule has 0 bridgehead atoms. The van der Waals surface area contributed by atoms with Gasteiger partial charge in [0.15, 0.2) is 11.5 Å². The van der Waals surface area contributed by atoms with E-state index in [-0.39, 0.29) is 30.9 Å². The summed E-state index contributed by atoms with van der Waals surface area (Å²) in [5.74, 6) is 1.46. The summed E-state index contributed by atoms with van der Waals surface area (Å²) < 4.78 is 16.1. The third kappa shape index (κ3) is 6.32. The molecule has 2 aromatic carbocycles. The highest BCUT2D eigenvalue weighted by Gasteiger charge is 2.34. The van der Waals surface area contributed by atoms with Crippen molar-refractivity contribution in [2.75, 3.05) is 46.3 Å². The number of hydrogen-bond donors (Lipinski definition) is 1. The van der Waals surface area contributed by atoms with Crippen molar-refractivity contribution in [2.45, 2.75) is 19.4 Å². The fraction of sp³-hybridized carbons (Fsp3) is 0.321. The number of carbonyl (C=O) groups is 2. The zero-order valence-corrected chi connectivity index (χ0v) is 22.8. The number of likely N-dealkylation sites (N-methyl/N-ethyl adjacent to an activating group) is 1. The highest BCUT2D eigenvalue weighted by Crippen LogP contribution is 2.38. The van der Waals surface area contributed by atoms with E-state index < -0.39 is 0 Å². The predicted octanol–water partition coefficient (Wildman–Crippen LogP) is 4.41. The van der Waals surface area contributed by atoms with E-state index >= 15 is 0 Å². The molecule has 0 unspecified atom stereocenters. The van der Waals surface area contributed by atoms with Crippen LogP contribution in [0.15, 0.2) is 65.1 Å². The molecule has 1 N–H and O–H groups in total. The quantitative estimate of drug-likeness (QED) is 0.390. The average molecular weight is 537 g/mol. The second-order valence-corrected chi connectivity index (χ2v) is 9.63. The van der Waals surface area contributed by atoms with Crippen molar-refractivity contribution >= 4 is 34.6 Å². The minimum atomic E-state index is -0.302. The molecule has 1 aromatic heterocycles. The Labute approximate surface area is 226 Å². The molecular formula is C28H32N4O5S. The van der Waals surface area contributed by atoms with Crippen molar-refractivity contribution in [3.63, 3.8) is 0 Å². The Morgan fingerprint density at radius 3 is 2.53 bits per heavy atom. The third-order valence-electron chi connectivity index (χ3n) is 6.29. The number of nitrogens with one attached hydrogen (secondary N) is 1. The molecule has 1 aliphatic rings. The van der Waals surface area contributed by atoms with Gasteiger partial charge in [0, 0.05) is 18.2 Å². The van der Waals surface area contributed by atoms with Crippen LogP contribution in [0.25, 0.3) is 0 Å². The molecule has 2 amide bonds. The van der Waals surface area contributed by atoms with E-state index in [1.807, 2.05) is 48.7 Å². The predicted molar refractivity (Wildman–Crippen MR) is 148 cm³/mol. The molecule has 2 heterocycles. The van der Waals surface area contributed by atoms with Crippen LogP contribution in [-0.4, -0.2) is 68.4 Å². The molecule has 1 atom stereocenters. The van der Waals surface area contributed by atoms with Gasteiger partial charge in [0.1, 0.15) is 5.75 Å². The van der Waals surface area contributed by atoms with Gasteiger partial charge < -0.3 is 19.5 Å². The van der Waals surface area contributed by atoms with Crippen LogP contribution in [0.2, 0.25) is 0 Å². The number of anilines is 1. The number of thiophene rings is 1. The number of methoxy groups -OCH3 is 3. The monoisotopic (exact) mass is 536 g/mol. The van der Waals surface area contributed by atoms with E-state index in [0.717, 1.165) is 16.2 Å². The zero-order chi connectivity index (χ0) is 27.1. The summed E-state index contributed by atoms with van der Waals surface area (Å²) in [6.07, 6.45) is 0.574. The van der Waals surface area contributed by atoms with Gasteiger partial charge in [-0.25, -0.2) is 5.01 Å². The highest BCUT2D eigenvalue weighted by atomic mass is 32.1. The minimum absolute atomic E-state index is 0.0487. The van der Waals surface area contributed by atoms with E-state index in [9.17, 15) is 9.59 Å². The van der Waals surface area contributed by atoms with Gasteiger partial charge in [0.2, 0.25) is 5.91 Å². The van der Waals surface area contributed by atoms with Crippen LogP contribution in [0.3, 0.4) is 0 Å². The van der Waals surface area contributed by atoms with Gasteiger partial charge in [-0.15, -0.1) is 11.3 Å². The lowest BCUT2D eigenvalue weighted by atomic mass is 10.0. The van der Waals surface area contributed by atoms with Crippen LogP contribution in [0, 0.1) is 0 Å². The molecule has 0 fully saturated rings. The van der Waals surface area contributed by atoms with Gasteiger partial charge in [0.25, 0.3) is 5.91 Å². The first kappa shape index (κ1) is 27.2. The second kappa shape index (κ2) is 12.6. The number of nitrogens with zero attached hydrogens (tertiary/aromatic N) is 3. The molecule has 0 spiro atoms. The Morgan fingerprint density at radius 1 is 1.03 bits per heavy atom. The molecule has 0 aliphatic carbocycles. The number of ether oxygens (including phenoxy) is 3. The summed E-state index contributed by atoms with van der Waals surface area (Å²) in [5, 5.41) is 11.1. The zero-order valence-electron chi connectivity index (χ0n) is 22.0. The Morgan fingerprint density at radius 2 is 1.84 bits per heavy atom. The number of carbonyl (C=O) groups excluding carboxylic acids is 2. The average Bonchev–Trinajstić information content (AvgIpc) is 3.63. The molecule has 3 aromatic rings. The molecule has 0 saturated carbocycles. The molecule has 1 aliphatic heterocycles. The third-order valence-corrected chi connectivity index (χ3v) is 7.21. The maximum Gasteiger partial charge on any atom is 0.257 e. The number of rotatable bonds is 11. The van der Waals surface area contributed by atoms with Crippen LogP contribution in [0.1, 0.15) is 29.8 Å². The van der Waals surface area contributed by atoms with Gasteiger partial charge in [-0.2, -0.15) is 5.10 Å². The Kier molecular flexibility index (Phi) is 8.98. The van der Waals surface area contributed by atoms with Gasteiger partial charge >= 0.3 is 0 Å². The van der Waals surface area contributed by atoms with Crippen molar-refractivity contribution < 1.29 is 23.8 Å². The minimum Gasteiger partial charge on any atom is -0.497 e. The fourth-order valence-electron chi connectivity index (χ4n) is 4.30. The highest BCUT2D eigenvalue weighted by molar-refractivity contribution is 7.12. The van der Waals surface area contributed by atoms with Crippen molar-refractivity contribution in [2.24, 2.45) is 5.10 Å². The van der Waals surface area contributed by atoms with Crippen LogP contribution < -0.4 is 19.5 Å². The second-order valence-electron chi connectivity index (χ2n) is 8.68. The Balaban J connectivity index is 1.50. The molecule has 9 nitrogen and oxygen atoms in total. The van der Waals surface area contributed by atoms with E-state index in [0.29, 0.717) is 35.9 Å². The Hall–Kier alpha value is -3.89. The first-order chi connectivity index (χ1) is 18.4. The van der Waals surface area contributed by atoms with Crippen LogP contribution in [0.4, 0.5) is 5.69 Å². The number of amides is 2. The molecule has 38 heavy (non-hydrogen) atoms. The molecule has 0 radical (unpaired) electrons. The van der Waals surface area contributed by atoms with Gasteiger partial charge in [-0.3, -0.25) is 14.5 Å². The van der Waals surface area contributed by atoms with Crippen molar-refractivity contribution in [3.8, 4) is 17.2 Å². The van der Waals surface area contributed by atoms with E-state index in [4.69, 9.17) is 19.3 Å². The Bertz CT molecular complexity index is 1290. The molecular weight excluding hydrogens is 504 g/mol. The van der Waals surface area contributed by atoms with E-state index in [2.05, 4.69) is 5.32 Å². The largest absolute Gasteiger partial charge is 0.497 e. The number of benzene rings is 2. The molecule has 4 rings (SSSR count). The smallest absolute Gasteiger partial charge is 0.257 e. The summed E-state index contributed by atoms with van der Waals surface area (Å²) in [5.41, 5.74) is 2.38. The summed E-state index contributed by atoms with van der Waals surface area (Å²) in [7, 11) is 4.75. The van der Waals surface area contributed by atoms with Crippen LogP contribution >= 0.6 is 11.3 Å². The standard InChI is InChI=1S/C28H32N4O5S/c1-5-31(17-27(33)29-20-8-6-9-21(15-20)35-2)18-28(34)32-23(16-22(30-32)26-10-7-13-38-26)19-11-12-24(36-3)25(14-19)37-4/h6-15,23H,5,16-18H2,1-4H3,(H,29,33)/t23-/m1/s1. The summed E-state index contributed by atoms with van der Waals surface area (Å²) >= 11 is 1.59. The van der Waals surface area contributed by atoms with E-state index in [1.165, 1.54) is 0 Å². The number of hydrogen-bond acceptors (Lipinski definition) is 8. The van der Waals surface area contributed by atoms with E-state index in [1.54, 1.807) is 60.8 Å². The molecule has 0 saturated heterocycles. The maximum atomic E-state index is 13.6. The normalized spacial score (nSPS) is 14.8. The first-order valence-corrected chi connectivity index (χ1v) is 13.1. The van der Waals surface area contributed by atoms with Crippen LogP contribution in [0.5, 0.6) is 17.2 Å². The fourth-order valence-corrected chi connectivity index (χ4v) is 5.02. The first-order valence-electron chi connectivity index (χ1n) is 12.3. The number of hydrazone groups is 1. The van der Waals surface area contributed by atoms with Crippen molar-refractivity contribution in [1.82, 2.24) is 9.91 Å². The molecule has 200 valence electrons.